The average molecular weight is 596 g/mol. The molecule has 0 radical (unpaired) electrons. The van der Waals surface area contributed by atoms with Crippen LogP contribution in [0.1, 0.15) is 31.3 Å². The standard InChI is InChI=1S/C23H20ClFIN5OS/c1-12(16-8-15(33-27)4-5-19(16)25)31-21-17-7-13(3-6-20(17)28-11-18(21)24)14-9-29-22(30-10-14)23(2,26)32/h3-12,32H,27H2,1-2H3,(H,28,31)/t12-,23?/m1/s1. The number of aromatic nitrogens is 3. The minimum atomic E-state index is -1.15. The van der Waals surface area contributed by atoms with Crippen molar-refractivity contribution >= 4 is 62.7 Å². The zero-order valence-electron chi connectivity index (χ0n) is 17.7. The number of anilines is 1. The zero-order valence-corrected chi connectivity index (χ0v) is 21.4. The quantitative estimate of drug-likeness (QED) is 0.138. The van der Waals surface area contributed by atoms with Gasteiger partial charge in [-0.1, -0.05) is 17.7 Å². The highest BCUT2D eigenvalue weighted by molar-refractivity contribution is 14.1. The molecule has 10 heteroatoms. The van der Waals surface area contributed by atoms with Gasteiger partial charge in [0.2, 0.25) is 0 Å². The highest BCUT2D eigenvalue weighted by atomic mass is 127. The zero-order chi connectivity index (χ0) is 23.8. The van der Waals surface area contributed by atoms with E-state index in [-0.39, 0.29) is 11.9 Å². The van der Waals surface area contributed by atoms with E-state index < -0.39 is 3.61 Å². The Morgan fingerprint density at radius 2 is 1.85 bits per heavy atom. The molecule has 0 aliphatic rings. The fourth-order valence-electron chi connectivity index (χ4n) is 3.43. The van der Waals surface area contributed by atoms with Crippen molar-refractivity contribution in [1.82, 2.24) is 15.0 Å². The van der Waals surface area contributed by atoms with E-state index in [9.17, 15) is 9.50 Å². The van der Waals surface area contributed by atoms with Gasteiger partial charge in [-0.15, -0.1) is 0 Å². The first-order chi connectivity index (χ1) is 15.7. The van der Waals surface area contributed by atoms with E-state index in [0.717, 1.165) is 38.9 Å². The molecule has 0 saturated heterocycles. The summed E-state index contributed by atoms with van der Waals surface area (Å²) in [5.41, 5.74) is 3.50. The minimum absolute atomic E-state index is 0.327. The van der Waals surface area contributed by atoms with Gasteiger partial charge >= 0.3 is 0 Å². The molecule has 0 spiro atoms. The van der Waals surface area contributed by atoms with Gasteiger partial charge in [-0.05, 0) is 84.3 Å². The maximum absolute atomic E-state index is 14.5. The second kappa shape index (κ2) is 9.67. The second-order valence-corrected chi connectivity index (χ2v) is 10.8. The van der Waals surface area contributed by atoms with Crippen LogP contribution in [0.25, 0.3) is 22.0 Å². The Labute approximate surface area is 213 Å². The summed E-state index contributed by atoms with van der Waals surface area (Å²) in [5.74, 6) is -0.000196. The monoisotopic (exact) mass is 595 g/mol. The summed E-state index contributed by atoms with van der Waals surface area (Å²) in [6, 6.07) is 10.1. The van der Waals surface area contributed by atoms with Crippen molar-refractivity contribution in [3.8, 4) is 11.1 Å². The van der Waals surface area contributed by atoms with Crippen LogP contribution in [-0.4, -0.2) is 20.1 Å². The van der Waals surface area contributed by atoms with Gasteiger partial charge in [-0.3, -0.25) is 10.1 Å². The van der Waals surface area contributed by atoms with Gasteiger partial charge in [0, 0.05) is 40.0 Å². The summed E-state index contributed by atoms with van der Waals surface area (Å²) in [6.45, 7) is 3.48. The van der Waals surface area contributed by atoms with E-state index in [1.54, 1.807) is 37.6 Å². The lowest BCUT2D eigenvalue weighted by molar-refractivity contribution is 0.168. The molecule has 0 saturated carbocycles. The van der Waals surface area contributed by atoms with Crippen molar-refractivity contribution in [3.63, 3.8) is 0 Å². The van der Waals surface area contributed by atoms with Crippen LogP contribution in [0.2, 0.25) is 5.02 Å². The van der Waals surface area contributed by atoms with Gasteiger partial charge in [-0.2, -0.15) is 0 Å². The molecule has 0 fully saturated rings. The Bertz CT molecular complexity index is 1320. The molecule has 0 aliphatic heterocycles. The molecule has 6 nitrogen and oxygen atoms in total. The van der Waals surface area contributed by atoms with E-state index in [4.69, 9.17) is 16.7 Å². The number of nitrogens with two attached hydrogens (primary N) is 1. The number of hydrogen-bond donors (Lipinski definition) is 3. The van der Waals surface area contributed by atoms with Crippen molar-refractivity contribution in [2.75, 3.05) is 5.32 Å². The van der Waals surface area contributed by atoms with Crippen LogP contribution in [0.15, 0.2) is 59.9 Å². The van der Waals surface area contributed by atoms with Gasteiger partial charge in [0.15, 0.2) is 9.43 Å². The smallest absolute Gasteiger partial charge is 0.172 e. The van der Waals surface area contributed by atoms with Gasteiger partial charge < -0.3 is 10.4 Å². The third-order valence-corrected chi connectivity index (χ3v) is 6.44. The third-order valence-electron chi connectivity index (χ3n) is 5.15. The van der Waals surface area contributed by atoms with Gasteiger partial charge in [-0.25, -0.2) is 14.4 Å². The van der Waals surface area contributed by atoms with Crippen LogP contribution in [-0.2, 0) is 3.61 Å². The summed E-state index contributed by atoms with van der Waals surface area (Å²) in [5, 5.41) is 20.3. The Morgan fingerprint density at radius 3 is 2.52 bits per heavy atom. The first kappa shape index (κ1) is 24.1. The lowest BCUT2D eigenvalue weighted by Crippen LogP contribution is -2.15. The van der Waals surface area contributed by atoms with Crippen LogP contribution in [0.3, 0.4) is 0 Å². The van der Waals surface area contributed by atoms with E-state index in [0.29, 0.717) is 22.1 Å². The first-order valence-corrected chi connectivity index (χ1v) is 12.3. The molecule has 33 heavy (non-hydrogen) atoms. The number of pyridine rings is 1. The van der Waals surface area contributed by atoms with Crippen molar-refractivity contribution in [2.24, 2.45) is 5.14 Å². The summed E-state index contributed by atoms with van der Waals surface area (Å²) in [4.78, 5) is 13.7. The lowest BCUT2D eigenvalue weighted by atomic mass is 10.0. The molecule has 0 amide bonds. The Hall–Kier alpha value is -2.05. The first-order valence-electron chi connectivity index (χ1n) is 9.92. The number of aliphatic hydroxyl groups is 1. The summed E-state index contributed by atoms with van der Waals surface area (Å²) in [7, 11) is 0. The van der Waals surface area contributed by atoms with E-state index in [1.807, 2.05) is 47.7 Å². The van der Waals surface area contributed by atoms with Crippen LogP contribution < -0.4 is 10.5 Å². The summed E-state index contributed by atoms with van der Waals surface area (Å²) >= 11 is 9.45. The molecule has 1 unspecified atom stereocenters. The number of benzene rings is 2. The predicted octanol–water partition coefficient (Wildman–Crippen LogP) is 6.22. The number of fused-ring (bicyclic) bond motifs is 1. The number of alkyl halides is 1. The molecule has 4 N–H and O–H groups in total. The highest BCUT2D eigenvalue weighted by Gasteiger charge is 2.22. The number of halogens is 3. The number of nitrogens with zero attached hydrogens (tertiary/aromatic N) is 3. The molecule has 0 aliphatic carbocycles. The van der Waals surface area contributed by atoms with Crippen LogP contribution in [0.4, 0.5) is 10.1 Å². The number of nitrogens with one attached hydrogen (secondary N) is 1. The van der Waals surface area contributed by atoms with Crippen LogP contribution >= 0.6 is 46.1 Å². The molecule has 0 bridgehead atoms. The second-order valence-electron chi connectivity index (χ2n) is 7.63. The topological polar surface area (TPSA) is 97.0 Å². The molecule has 2 heterocycles. The normalized spacial score (nSPS) is 14.2. The largest absolute Gasteiger partial charge is 0.377 e. The Kier molecular flexibility index (Phi) is 7.06. The fourth-order valence-corrected chi connectivity index (χ4v) is 4.25. The molecular weight excluding hydrogens is 576 g/mol. The van der Waals surface area contributed by atoms with E-state index in [1.165, 1.54) is 6.07 Å². The lowest BCUT2D eigenvalue weighted by Gasteiger charge is -2.20. The SMILES string of the molecule is C[C@@H](Nc1c(Cl)cnc2ccc(-c3cnc(C(C)(O)I)nc3)cc12)c1cc(SN)ccc1F. The van der Waals surface area contributed by atoms with Crippen LogP contribution in [0.5, 0.6) is 0 Å². The van der Waals surface area contributed by atoms with Gasteiger partial charge in [0.25, 0.3) is 0 Å². The average Bonchev–Trinajstić information content (AvgIpc) is 2.80. The van der Waals surface area contributed by atoms with E-state index >= 15 is 0 Å². The maximum Gasteiger partial charge on any atom is 0.172 e. The fraction of sp³-hybridized carbons (Fsp3) is 0.174. The highest BCUT2D eigenvalue weighted by Crippen LogP contribution is 2.36. The van der Waals surface area contributed by atoms with Crippen molar-refractivity contribution in [3.05, 3.63) is 77.2 Å². The summed E-state index contributed by atoms with van der Waals surface area (Å²) < 4.78 is 13.4. The molecule has 4 rings (SSSR count). The van der Waals surface area contributed by atoms with Crippen molar-refractivity contribution in [1.29, 1.82) is 0 Å². The maximum atomic E-state index is 14.5. The van der Waals surface area contributed by atoms with Crippen molar-refractivity contribution in [2.45, 2.75) is 28.4 Å². The van der Waals surface area contributed by atoms with E-state index in [2.05, 4.69) is 20.3 Å². The summed E-state index contributed by atoms with van der Waals surface area (Å²) in [6.07, 6.45) is 4.90. The molecule has 170 valence electrons. The van der Waals surface area contributed by atoms with Gasteiger partial charge in [0.05, 0.1) is 22.3 Å². The minimum Gasteiger partial charge on any atom is -0.377 e. The predicted molar refractivity (Wildman–Crippen MR) is 140 cm³/mol. The molecule has 2 aromatic heterocycles. The number of rotatable bonds is 6. The van der Waals surface area contributed by atoms with Crippen molar-refractivity contribution < 1.29 is 9.50 Å². The molecular formula is C23H20ClFIN5OS. The Morgan fingerprint density at radius 1 is 1.12 bits per heavy atom. The number of hydrogen-bond acceptors (Lipinski definition) is 7. The molecule has 2 atom stereocenters. The molecule has 4 aromatic rings. The van der Waals surface area contributed by atoms with Crippen LogP contribution in [0, 0.1) is 5.82 Å². The van der Waals surface area contributed by atoms with Gasteiger partial charge in [0.1, 0.15) is 5.82 Å². The Balaban J connectivity index is 1.74. The molecule has 2 aromatic carbocycles. The third kappa shape index (κ3) is 5.22.